The number of methoxy groups -OCH3 is 2. The highest BCUT2D eigenvalue weighted by Gasteiger charge is 2.22. The Morgan fingerprint density at radius 3 is 1.86 bits per heavy atom. The molecule has 0 aliphatic carbocycles. The molecule has 0 radical (unpaired) electrons. The summed E-state index contributed by atoms with van der Waals surface area (Å²) in [5, 5.41) is 0. The van der Waals surface area contributed by atoms with Gasteiger partial charge in [0.25, 0.3) is 0 Å². The highest BCUT2D eigenvalue weighted by molar-refractivity contribution is 7.84. The first-order valence-corrected chi connectivity index (χ1v) is 10.2. The molecule has 0 saturated heterocycles. The maximum atomic E-state index is 11.9. The molecule has 0 spiro atoms. The van der Waals surface area contributed by atoms with E-state index < -0.39 is 11.0 Å². The minimum absolute atomic E-state index is 0.0369. The van der Waals surface area contributed by atoms with Crippen LogP contribution in [-0.4, -0.2) is 33.1 Å². The van der Waals surface area contributed by atoms with Gasteiger partial charge in [0.2, 0.25) is 11.8 Å². The summed E-state index contributed by atoms with van der Waals surface area (Å²) >= 11 is 0. The van der Waals surface area contributed by atoms with Crippen molar-refractivity contribution in [2.45, 2.75) is 51.4 Å². The van der Waals surface area contributed by atoms with Crippen LogP contribution in [0.25, 0.3) is 0 Å². The van der Waals surface area contributed by atoms with Gasteiger partial charge in [0, 0.05) is 18.2 Å². The first-order valence-electron chi connectivity index (χ1n) is 9.04. The third-order valence-corrected chi connectivity index (χ3v) is 5.34. The van der Waals surface area contributed by atoms with Gasteiger partial charge in [-0.3, -0.25) is 0 Å². The highest BCUT2D eigenvalue weighted by Crippen LogP contribution is 2.17. The number of aromatic nitrogens is 2. The number of hydrogen-bond donors (Lipinski definition) is 2. The Hall–Kier alpha value is -2.03. The molecule has 0 aliphatic rings. The molecule has 2 rings (SSSR count). The third-order valence-electron chi connectivity index (χ3n) is 3.66. The molecule has 0 amide bonds. The van der Waals surface area contributed by atoms with Gasteiger partial charge in [-0.05, 0) is 46.8 Å². The molecule has 3 N–H and O–H groups in total. The number of pyridine rings is 2. The Labute approximate surface area is 170 Å². The van der Waals surface area contributed by atoms with E-state index in [0.717, 1.165) is 11.4 Å². The van der Waals surface area contributed by atoms with Gasteiger partial charge in [-0.1, -0.05) is 12.1 Å². The largest absolute Gasteiger partial charge is 0.481 e. The summed E-state index contributed by atoms with van der Waals surface area (Å²) in [6, 6.07) is 11.0. The van der Waals surface area contributed by atoms with Crippen LogP contribution in [0.4, 0.5) is 0 Å². The number of rotatable bonds is 6. The van der Waals surface area contributed by atoms with Crippen LogP contribution in [0.5, 0.6) is 11.8 Å². The van der Waals surface area contributed by atoms with Crippen LogP contribution in [0.2, 0.25) is 0 Å². The van der Waals surface area contributed by atoms with Crippen molar-refractivity contribution in [3.05, 3.63) is 47.8 Å². The van der Waals surface area contributed by atoms with Gasteiger partial charge < -0.3 is 15.2 Å². The average Bonchev–Trinajstić information content (AvgIpc) is 2.67. The molecule has 28 heavy (non-hydrogen) atoms. The van der Waals surface area contributed by atoms with Gasteiger partial charge in [0.15, 0.2) is 0 Å². The van der Waals surface area contributed by atoms with Crippen molar-refractivity contribution in [3.63, 3.8) is 0 Å². The number of nitrogens with two attached hydrogens (primary N) is 1. The molecule has 0 aromatic carbocycles. The number of hydrogen-bond acceptors (Lipinski definition) is 6. The molecule has 2 aromatic heterocycles. The molecule has 0 fully saturated rings. The molecule has 3 atom stereocenters. The maximum absolute atomic E-state index is 11.9. The molecule has 2 unspecified atom stereocenters. The Morgan fingerprint density at radius 1 is 0.964 bits per heavy atom. The second-order valence-corrected chi connectivity index (χ2v) is 9.22. The molecule has 156 valence electrons. The van der Waals surface area contributed by atoms with Crippen LogP contribution < -0.4 is 19.9 Å². The van der Waals surface area contributed by atoms with Crippen LogP contribution >= 0.6 is 0 Å². The van der Waals surface area contributed by atoms with Crippen molar-refractivity contribution < 1.29 is 13.7 Å². The quantitative estimate of drug-likeness (QED) is 0.761. The first-order chi connectivity index (χ1) is 13.1. The molecular weight excluding hydrogens is 376 g/mol. The molecular formula is C20H32N4O3S. The summed E-state index contributed by atoms with van der Waals surface area (Å²) in [5.41, 5.74) is 7.29. The Bertz CT molecular complexity index is 763. The fourth-order valence-electron chi connectivity index (χ4n) is 1.98. The van der Waals surface area contributed by atoms with E-state index in [2.05, 4.69) is 14.7 Å². The van der Waals surface area contributed by atoms with E-state index in [1.807, 2.05) is 58.9 Å². The van der Waals surface area contributed by atoms with E-state index in [1.54, 1.807) is 26.4 Å². The second kappa shape index (κ2) is 11.1. The molecule has 0 bridgehead atoms. The maximum Gasteiger partial charge on any atom is 0.213 e. The Morgan fingerprint density at radius 2 is 1.43 bits per heavy atom. The van der Waals surface area contributed by atoms with Gasteiger partial charge in [-0.25, -0.2) is 18.9 Å². The normalized spacial score (nSPS) is 14.3. The summed E-state index contributed by atoms with van der Waals surface area (Å²) in [4.78, 5) is 8.45. The van der Waals surface area contributed by atoms with Gasteiger partial charge in [0.1, 0.15) is 0 Å². The van der Waals surface area contributed by atoms with E-state index in [1.165, 1.54) is 0 Å². The monoisotopic (exact) mass is 408 g/mol. The van der Waals surface area contributed by atoms with Crippen LogP contribution in [0.3, 0.4) is 0 Å². The lowest BCUT2D eigenvalue weighted by atomic mass is 10.2. The lowest BCUT2D eigenvalue weighted by molar-refractivity contribution is 0.395. The van der Waals surface area contributed by atoms with Gasteiger partial charge >= 0.3 is 0 Å². The molecule has 2 aromatic rings. The zero-order valence-electron chi connectivity index (χ0n) is 17.7. The highest BCUT2D eigenvalue weighted by atomic mass is 32.2. The minimum atomic E-state index is -1.11. The Balaban J connectivity index is 0.000000307. The van der Waals surface area contributed by atoms with Gasteiger partial charge in [-0.15, -0.1) is 0 Å². The zero-order chi connectivity index (χ0) is 21.3. The summed E-state index contributed by atoms with van der Waals surface area (Å²) in [6.07, 6.45) is 0. The third kappa shape index (κ3) is 7.92. The smallest absolute Gasteiger partial charge is 0.213 e. The molecule has 7 nitrogen and oxygen atoms in total. The van der Waals surface area contributed by atoms with Crippen molar-refractivity contribution in [3.8, 4) is 11.8 Å². The standard InChI is InChI=1S/C12H20N2O2S.C8H12N2O/c1-9(14-17(15)12(2,3)4)10-7-6-8-11(13-10)16-5;1-6(9)7-4-3-5-8(10-7)11-2/h6-9,14H,1-5H3;3-6H,9H2,1-2H3/t9?,17-;/m1./s1. The van der Waals surface area contributed by atoms with Crippen molar-refractivity contribution in [1.82, 2.24) is 14.7 Å². The van der Waals surface area contributed by atoms with Crippen LogP contribution in [0.1, 0.15) is 58.1 Å². The lowest BCUT2D eigenvalue weighted by Crippen LogP contribution is -2.35. The predicted molar refractivity (Wildman–Crippen MR) is 114 cm³/mol. The summed E-state index contributed by atoms with van der Waals surface area (Å²) in [5.74, 6) is 1.18. The topological polar surface area (TPSA) is 99.4 Å². The van der Waals surface area contributed by atoms with Crippen molar-refractivity contribution >= 4 is 11.0 Å². The zero-order valence-corrected chi connectivity index (χ0v) is 18.5. The number of ether oxygens (including phenoxy) is 2. The lowest BCUT2D eigenvalue weighted by Gasteiger charge is -2.21. The van der Waals surface area contributed by atoms with Crippen molar-refractivity contribution in [2.75, 3.05) is 14.2 Å². The first kappa shape index (κ1) is 24.0. The SMILES string of the molecule is COc1cccc(C(C)N)n1.COc1cccc(C(C)N[S@](=O)C(C)(C)C)n1. The van der Waals surface area contributed by atoms with Crippen LogP contribution in [-0.2, 0) is 11.0 Å². The summed E-state index contributed by atoms with van der Waals surface area (Å²) in [6.45, 7) is 9.62. The van der Waals surface area contributed by atoms with Crippen molar-refractivity contribution in [2.24, 2.45) is 5.73 Å². The Kier molecular flexibility index (Phi) is 9.51. The minimum Gasteiger partial charge on any atom is -0.481 e. The van der Waals surface area contributed by atoms with Crippen molar-refractivity contribution in [1.29, 1.82) is 0 Å². The fourth-order valence-corrected chi connectivity index (χ4v) is 2.78. The van der Waals surface area contributed by atoms with E-state index in [-0.39, 0.29) is 16.8 Å². The fraction of sp³-hybridized carbons (Fsp3) is 0.500. The molecule has 0 aliphatic heterocycles. The predicted octanol–water partition coefficient (Wildman–Crippen LogP) is 3.31. The van der Waals surface area contributed by atoms with Gasteiger partial charge in [-0.2, -0.15) is 0 Å². The average molecular weight is 409 g/mol. The molecule has 0 saturated carbocycles. The van der Waals surface area contributed by atoms with E-state index in [9.17, 15) is 4.21 Å². The van der Waals surface area contributed by atoms with Gasteiger partial charge in [0.05, 0.1) is 47.4 Å². The summed E-state index contributed by atoms with van der Waals surface area (Å²) < 4.78 is 24.7. The second-order valence-electron chi connectivity index (χ2n) is 7.22. The van der Waals surface area contributed by atoms with E-state index in [4.69, 9.17) is 15.2 Å². The molecule has 2 heterocycles. The number of nitrogens with one attached hydrogen (secondary N) is 1. The number of nitrogens with zero attached hydrogens (tertiary/aromatic N) is 2. The van der Waals surface area contributed by atoms with E-state index in [0.29, 0.717) is 11.8 Å². The van der Waals surface area contributed by atoms with E-state index >= 15 is 0 Å². The molecule has 8 heteroatoms. The van der Waals surface area contributed by atoms with Crippen LogP contribution in [0, 0.1) is 0 Å². The van der Waals surface area contributed by atoms with Crippen LogP contribution in [0.15, 0.2) is 36.4 Å². The summed E-state index contributed by atoms with van der Waals surface area (Å²) in [7, 11) is 2.06.